The van der Waals surface area contributed by atoms with Gasteiger partial charge in [-0.1, -0.05) is 60.7 Å². The molecule has 1 N–H and O–H groups in total. The van der Waals surface area contributed by atoms with Crippen molar-refractivity contribution in [1.29, 1.82) is 0 Å². The number of ether oxygens (including phenoxy) is 2. The van der Waals surface area contributed by atoms with Crippen LogP contribution in [0.5, 0.6) is 11.5 Å². The predicted octanol–water partition coefficient (Wildman–Crippen LogP) is 4.58. The van der Waals surface area contributed by atoms with Gasteiger partial charge in [-0.15, -0.1) is 0 Å². The van der Waals surface area contributed by atoms with E-state index < -0.39 is 0 Å². The molecule has 0 spiro atoms. The van der Waals surface area contributed by atoms with Crippen LogP contribution < -0.4 is 14.8 Å². The lowest BCUT2D eigenvalue weighted by Gasteiger charge is -2.21. The zero-order valence-electron chi connectivity index (χ0n) is 14.6. The molecule has 3 rings (SSSR count). The van der Waals surface area contributed by atoms with Gasteiger partial charge >= 0.3 is 0 Å². The van der Waals surface area contributed by atoms with E-state index in [1.165, 1.54) is 11.1 Å². The second-order valence-corrected chi connectivity index (χ2v) is 5.81. The fraction of sp³-hybridized carbons (Fsp3) is 0.182. The van der Waals surface area contributed by atoms with Crippen LogP contribution in [0, 0.1) is 0 Å². The molecule has 3 aromatic rings. The molecule has 0 fully saturated rings. The zero-order valence-corrected chi connectivity index (χ0v) is 14.6. The average molecular weight is 333 g/mol. The summed E-state index contributed by atoms with van der Waals surface area (Å²) in [6, 6.07) is 26.9. The lowest BCUT2D eigenvalue weighted by Crippen LogP contribution is -2.22. The Balaban J connectivity index is 1.87. The Morgan fingerprint density at radius 3 is 1.88 bits per heavy atom. The van der Waals surface area contributed by atoms with Gasteiger partial charge in [0, 0.05) is 12.1 Å². The first kappa shape index (κ1) is 17.1. The van der Waals surface area contributed by atoms with Gasteiger partial charge in [-0.3, -0.25) is 0 Å². The molecule has 0 aliphatic carbocycles. The molecule has 25 heavy (non-hydrogen) atoms. The zero-order chi connectivity index (χ0) is 17.5. The highest BCUT2D eigenvalue weighted by Gasteiger charge is 2.14. The van der Waals surface area contributed by atoms with E-state index in [4.69, 9.17) is 9.47 Å². The van der Waals surface area contributed by atoms with E-state index in [0.29, 0.717) is 6.54 Å². The molecule has 0 atom stereocenters. The Morgan fingerprint density at radius 2 is 1.36 bits per heavy atom. The minimum absolute atomic E-state index is 0.110. The summed E-state index contributed by atoms with van der Waals surface area (Å²) in [6.07, 6.45) is 0. The second kappa shape index (κ2) is 8.36. The molecule has 0 heterocycles. The molecule has 128 valence electrons. The van der Waals surface area contributed by atoms with Gasteiger partial charge in [0.25, 0.3) is 0 Å². The van der Waals surface area contributed by atoms with Gasteiger partial charge < -0.3 is 14.8 Å². The maximum absolute atomic E-state index is 5.49. The molecule has 3 nitrogen and oxygen atoms in total. The van der Waals surface area contributed by atoms with Crippen LogP contribution in [0.25, 0.3) is 0 Å². The fourth-order valence-corrected chi connectivity index (χ4v) is 2.95. The van der Waals surface area contributed by atoms with Gasteiger partial charge in [0.05, 0.1) is 20.3 Å². The number of nitrogens with one attached hydrogen (secondary N) is 1. The van der Waals surface area contributed by atoms with Gasteiger partial charge in [-0.05, 0) is 29.3 Å². The van der Waals surface area contributed by atoms with E-state index in [0.717, 1.165) is 17.1 Å². The van der Waals surface area contributed by atoms with Crippen molar-refractivity contribution in [3.05, 3.63) is 95.6 Å². The quantitative estimate of drug-likeness (QED) is 0.686. The normalized spacial score (nSPS) is 10.7. The highest BCUT2D eigenvalue weighted by Crippen LogP contribution is 2.26. The smallest absolute Gasteiger partial charge is 0.123 e. The minimum atomic E-state index is 0.110. The molecule has 0 unspecified atom stereocenters. The molecular weight excluding hydrogens is 310 g/mol. The SMILES string of the molecule is COc1ccc(OC)c(CNC(c2ccccc2)c2ccccc2)c1. The van der Waals surface area contributed by atoms with Crippen molar-refractivity contribution in [2.24, 2.45) is 0 Å². The van der Waals surface area contributed by atoms with E-state index in [-0.39, 0.29) is 6.04 Å². The number of benzene rings is 3. The van der Waals surface area contributed by atoms with Crippen LogP contribution in [0.15, 0.2) is 78.9 Å². The van der Waals surface area contributed by atoms with Crippen LogP contribution in [0.3, 0.4) is 0 Å². The molecule has 0 saturated heterocycles. The molecule has 3 aromatic carbocycles. The third-order valence-electron chi connectivity index (χ3n) is 4.25. The molecule has 0 radical (unpaired) electrons. The average Bonchev–Trinajstić information content (AvgIpc) is 2.69. The van der Waals surface area contributed by atoms with Gasteiger partial charge in [0.2, 0.25) is 0 Å². The van der Waals surface area contributed by atoms with Crippen LogP contribution in [-0.2, 0) is 6.54 Å². The van der Waals surface area contributed by atoms with E-state index in [1.807, 2.05) is 30.3 Å². The highest BCUT2D eigenvalue weighted by atomic mass is 16.5. The topological polar surface area (TPSA) is 30.5 Å². The molecular formula is C22H23NO2. The Labute approximate surface area is 149 Å². The first-order valence-electron chi connectivity index (χ1n) is 8.36. The molecule has 0 aliphatic heterocycles. The van der Waals surface area contributed by atoms with Crippen LogP contribution in [0.2, 0.25) is 0 Å². The second-order valence-electron chi connectivity index (χ2n) is 5.81. The van der Waals surface area contributed by atoms with Gasteiger partial charge in [0.1, 0.15) is 11.5 Å². The monoisotopic (exact) mass is 333 g/mol. The van der Waals surface area contributed by atoms with Crippen molar-refractivity contribution in [2.45, 2.75) is 12.6 Å². The van der Waals surface area contributed by atoms with E-state index in [1.54, 1.807) is 14.2 Å². The number of hydrogen-bond acceptors (Lipinski definition) is 3. The van der Waals surface area contributed by atoms with Crippen molar-refractivity contribution in [2.75, 3.05) is 14.2 Å². The standard InChI is InChI=1S/C22H23NO2/c1-24-20-13-14-21(25-2)19(15-20)16-23-22(17-9-5-3-6-10-17)18-11-7-4-8-12-18/h3-15,22-23H,16H2,1-2H3. The van der Waals surface area contributed by atoms with Gasteiger partial charge in [0.15, 0.2) is 0 Å². The largest absolute Gasteiger partial charge is 0.497 e. The summed E-state index contributed by atoms with van der Waals surface area (Å²) in [5, 5.41) is 3.66. The van der Waals surface area contributed by atoms with Crippen molar-refractivity contribution in [3.8, 4) is 11.5 Å². The molecule has 0 amide bonds. The van der Waals surface area contributed by atoms with Crippen molar-refractivity contribution < 1.29 is 9.47 Å². The van der Waals surface area contributed by atoms with Crippen LogP contribution in [0.1, 0.15) is 22.7 Å². The minimum Gasteiger partial charge on any atom is -0.497 e. The Kier molecular flexibility index (Phi) is 5.70. The lowest BCUT2D eigenvalue weighted by molar-refractivity contribution is 0.396. The molecule has 0 bridgehead atoms. The third-order valence-corrected chi connectivity index (χ3v) is 4.25. The summed E-state index contributed by atoms with van der Waals surface area (Å²) < 4.78 is 10.8. The number of methoxy groups -OCH3 is 2. The summed E-state index contributed by atoms with van der Waals surface area (Å²) in [5.41, 5.74) is 3.53. The predicted molar refractivity (Wildman–Crippen MR) is 101 cm³/mol. The van der Waals surface area contributed by atoms with Gasteiger partial charge in [-0.25, -0.2) is 0 Å². The van der Waals surface area contributed by atoms with Crippen LogP contribution in [0.4, 0.5) is 0 Å². The van der Waals surface area contributed by atoms with Gasteiger partial charge in [-0.2, -0.15) is 0 Å². The molecule has 0 aromatic heterocycles. The molecule has 3 heteroatoms. The van der Waals surface area contributed by atoms with Crippen LogP contribution >= 0.6 is 0 Å². The molecule has 0 aliphatic rings. The summed E-state index contributed by atoms with van der Waals surface area (Å²) in [5.74, 6) is 1.68. The third kappa shape index (κ3) is 4.20. The number of hydrogen-bond donors (Lipinski definition) is 1. The summed E-state index contributed by atoms with van der Waals surface area (Å²) in [7, 11) is 3.37. The summed E-state index contributed by atoms with van der Waals surface area (Å²) >= 11 is 0. The highest BCUT2D eigenvalue weighted by molar-refractivity contribution is 5.41. The fourth-order valence-electron chi connectivity index (χ4n) is 2.95. The maximum atomic E-state index is 5.49. The van der Waals surface area contributed by atoms with Crippen LogP contribution in [-0.4, -0.2) is 14.2 Å². The summed E-state index contributed by atoms with van der Waals surface area (Å²) in [6.45, 7) is 0.675. The Morgan fingerprint density at radius 1 is 0.760 bits per heavy atom. The Hall–Kier alpha value is -2.78. The van der Waals surface area contributed by atoms with E-state index >= 15 is 0 Å². The van der Waals surface area contributed by atoms with Crippen molar-refractivity contribution in [1.82, 2.24) is 5.32 Å². The van der Waals surface area contributed by atoms with E-state index in [9.17, 15) is 0 Å². The number of rotatable bonds is 7. The first-order valence-corrected chi connectivity index (χ1v) is 8.36. The van der Waals surface area contributed by atoms with E-state index in [2.05, 4.69) is 53.8 Å². The van der Waals surface area contributed by atoms with Crippen molar-refractivity contribution in [3.63, 3.8) is 0 Å². The summed E-state index contributed by atoms with van der Waals surface area (Å²) in [4.78, 5) is 0. The first-order chi connectivity index (χ1) is 12.3. The lowest BCUT2D eigenvalue weighted by atomic mass is 9.98. The molecule has 0 saturated carbocycles. The Bertz CT molecular complexity index is 748. The maximum Gasteiger partial charge on any atom is 0.123 e. The van der Waals surface area contributed by atoms with Crippen molar-refractivity contribution >= 4 is 0 Å².